The summed E-state index contributed by atoms with van der Waals surface area (Å²) in [6.07, 6.45) is 1.67. The Morgan fingerprint density at radius 3 is 2.28 bits per heavy atom. The van der Waals surface area contributed by atoms with Crippen molar-refractivity contribution in [3.63, 3.8) is 0 Å². The smallest absolute Gasteiger partial charge is 0.338 e. The number of hydrogen-bond donors (Lipinski definition) is 3. The quantitative estimate of drug-likeness (QED) is 0.278. The van der Waals surface area contributed by atoms with Gasteiger partial charge in [0.15, 0.2) is 0 Å². The zero-order valence-electron chi connectivity index (χ0n) is 22.5. The summed E-state index contributed by atoms with van der Waals surface area (Å²) in [5, 5.41) is 8.68. The predicted octanol–water partition coefficient (Wildman–Crippen LogP) is 6.48. The lowest BCUT2D eigenvalue weighted by atomic mass is 9.91. The van der Waals surface area contributed by atoms with Gasteiger partial charge in [-0.25, -0.2) is 14.4 Å². The first kappa shape index (κ1) is 27.4. The van der Waals surface area contributed by atoms with Crippen LogP contribution in [0, 0.1) is 6.92 Å². The number of anilines is 2. The second kappa shape index (κ2) is 12.8. The van der Waals surface area contributed by atoms with Crippen molar-refractivity contribution in [2.24, 2.45) is 0 Å². The van der Waals surface area contributed by atoms with Crippen LogP contribution >= 0.6 is 0 Å². The Morgan fingerprint density at radius 1 is 0.923 bits per heavy atom. The van der Waals surface area contributed by atoms with Crippen LogP contribution in [0.5, 0.6) is 0 Å². The molecule has 0 fully saturated rings. The van der Waals surface area contributed by atoms with Crippen LogP contribution in [0.3, 0.4) is 0 Å². The average Bonchev–Trinajstić information content (AvgIpc) is 2.92. The molecule has 202 valence electrons. The highest BCUT2D eigenvalue weighted by atomic mass is 16.5. The number of hydrogen-bond acceptors (Lipinski definition) is 4. The van der Waals surface area contributed by atoms with Crippen molar-refractivity contribution in [3.8, 4) is 0 Å². The molecule has 39 heavy (non-hydrogen) atoms. The molecule has 8 nitrogen and oxygen atoms in total. The van der Waals surface area contributed by atoms with Crippen molar-refractivity contribution in [1.29, 1.82) is 0 Å². The van der Waals surface area contributed by atoms with E-state index in [-0.39, 0.29) is 12.6 Å². The molecule has 0 unspecified atom stereocenters. The van der Waals surface area contributed by atoms with Gasteiger partial charge in [-0.2, -0.15) is 0 Å². The lowest BCUT2D eigenvalue weighted by Crippen LogP contribution is -2.48. The molecule has 4 amide bonds. The number of amides is 4. The van der Waals surface area contributed by atoms with E-state index in [0.717, 1.165) is 24.0 Å². The molecule has 3 aromatic rings. The van der Waals surface area contributed by atoms with E-state index >= 15 is 0 Å². The number of nitrogens with zero attached hydrogens (tertiary/aromatic N) is 1. The summed E-state index contributed by atoms with van der Waals surface area (Å²) in [5.74, 6) is -0.501. The van der Waals surface area contributed by atoms with E-state index in [2.05, 4.69) is 22.9 Å². The molecule has 1 aliphatic rings. The van der Waals surface area contributed by atoms with Gasteiger partial charge in [0.25, 0.3) is 0 Å². The van der Waals surface area contributed by atoms with Gasteiger partial charge >= 0.3 is 18.0 Å². The Labute approximate surface area is 229 Å². The number of urea groups is 2. The number of benzene rings is 3. The Balaban J connectivity index is 1.72. The van der Waals surface area contributed by atoms with Crippen molar-refractivity contribution in [2.45, 2.75) is 39.7 Å². The second-order valence-corrected chi connectivity index (χ2v) is 9.31. The van der Waals surface area contributed by atoms with Crippen molar-refractivity contribution in [1.82, 2.24) is 10.2 Å². The van der Waals surface area contributed by atoms with E-state index in [9.17, 15) is 14.4 Å². The molecule has 0 aliphatic carbocycles. The SMILES string of the molecule is CCCCN1C(=O)N[C@@H](c2cccc(NC(=O)Nc3cccc(C)c3)c2)C(C(=O)OCC)=C1c1ccccc1. The van der Waals surface area contributed by atoms with E-state index < -0.39 is 18.0 Å². The van der Waals surface area contributed by atoms with E-state index in [4.69, 9.17) is 4.74 Å². The molecule has 8 heteroatoms. The maximum absolute atomic E-state index is 13.4. The van der Waals surface area contributed by atoms with Crippen LogP contribution < -0.4 is 16.0 Å². The van der Waals surface area contributed by atoms with Gasteiger partial charge in [-0.05, 0) is 61.2 Å². The molecule has 0 saturated carbocycles. The molecular weight excluding hydrogens is 492 g/mol. The molecule has 0 aromatic heterocycles. The third kappa shape index (κ3) is 6.65. The Bertz CT molecular complexity index is 1370. The van der Waals surface area contributed by atoms with Crippen LogP contribution in [0.1, 0.15) is 49.4 Å². The van der Waals surface area contributed by atoms with Crippen LogP contribution in [0.4, 0.5) is 21.0 Å². The van der Waals surface area contributed by atoms with Gasteiger partial charge in [0, 0.05) is 17.9 Å². The molecule has 0 bridgehead atoms. The van der Waals surface area contributed by atoms with E-state index in [1.165, 1.54) is 0 Å². The van der Waals surface area contributed by atoms with E-state index in [1.807, 2.05) is 67.6 Å². The van der Waals surface area contributed by atoms with Crippen LogP contribution in [0.2, 0.25) is 0 Å². The number of aryl methyl sites for hydroxylation is 1. The molecule has 1 heterocycles. The first-order valence-corrected chi connectivity index (χ1v) is 13.2. The summed E-state index contributed by atoms with van der Waals surface area (Å²) in [7, 11) is 0. The molecule has 0 saturated heterocycles. The van der Waals surface area contributed by atoms with Crippen molar-refractivity contribution in [3.05, 3.63) is 101 Å². The maximum Gasteiger partial charge on any atom is 0.338 e. The van der Waals surface area contributed by atoms with Crippen molar-refractivity contribution >= 4 is 35.1 Å². The minimum atomic E-state index is -0.772. The summed E-state index contributed by atoms with van der Waals surface area (Å²) < 4.78 is 5.49. The summed E-state index contributed by atoms with van der Waals surface area (Å²) in [4.78, 5) is 41.2. The number of unbranched alkanes of at least 4 members (excludes halogenated alkanes) is 1. The summed E-state index contributed by atoms with van der Waals surface area (Å²) in [6.45, 7) is 6.41. The van der Waals surface area contributed by atoms with Gasteiger partial charge in [0.2, 0.25) is 0 Å². The van der Waals surface area contributed by atoms with E-state index in [1.54, 1.807) is 30.0 Å². The maximum atomic E-state index is 13.4. The van der Waals surface area contributed by atoms with Crippen LogP contribution in [0.15, 0.2) is 84.4 Å². The topological polar surface area (TPSA) is 99.8 Å². The first-order valence-electron chi connectivity index (χ1n) is 13.2. The molecule has 1 aliphatic heterocycles. The first-order chi connectivity index (χ1) is 18.9. The molecule has 3 N–H and O–H groups in total. The molecule has 1 atom stereocenters. The lowest BCUT2D eigenvalue weighted by Gasteiger charge is -2.37. The fourth-order valence-corrected chi connectivity index (χ4v) is 4.58. The molecule has 4 rings (SSSR count). The lowest BCUT2D eigenvalue weighted by molar-refractivity contribution is -0.138. The zero-order chi connectivity index (χ0) is 27.8. The normalized spacial score (nSPS) is 15.0. The monoisotopic (exact) mass is 526 g/mol. The number of rotatable bonds is 9. The Morgan fingerprint density at radius 2 is 1.62 bits per heavy atom. The molecular formula is C31H34N4O4. The number of ether oxygens (including phenoxy) is 1. The zero-order valence-corrected chi connectivity index (χ0v) is 22.5. The average molecular weight is 527 g/mol. The van der Waals surface area contributed by atoms with Crippen molar-refractivity contribution in [2.75, 3.05) is 23.8 Å². The van der Waals surface area contributed by atoms with Gasteiger partial charge < -0.3 is 20.7 Å². The molecule has 0 radical (unpaired) electrons. The predicted molar refractivity (Wildman–Crippen MR) is 153 cm³/mol. The van der Waals surface area contributed by atoms with Crippen LogP contribution in [-0.4, -0.2) is 36.1 Å². The van der Waals surface area contributed by atoms with Gasteiger partial charge in [-0.3, -0.25) is 4.90 Å². The largest absolute Gasteiger partial charge is 0.463 e. The number of esters is 1. The van der Waals surface area contributed by atoms with Gasteiger partial charge in [-0.15, -0.1) is 0 Å². The van der Waals surface area contributed by atoms with Crippen molar-refractivity contribution < 1.29 is 19.1 Å². The second-order valence-electron chi connectivity index (χ2n) is 9.31. The number of carbonyl (C=O) groups is 3. The highest BCUT2D eigenvalue weighted by molar-refractivity contribution is 6.05. The standard InChI is InChI=1S/C31H34N4O4/c1-4-6-18-35-28(22-13-8-7-9-14-22)26(29(36)39-5-2)27(34-31(35)38)23-15-11-17-25(20-23)33-30(37)32-24-16-10-12-21(3)19-24/h7-17,19-20,27H,4-6,18H2,1-3H3,(H,34,38)(H2,32,33,37)/t27-/m0/s1. The third-order valence-corrected chi connectivity index (χ3v) is 6.36. The van der Waals surface area contributed by atoms with Gasteiger partial charge in [-0.1, -0.05) is 67.9 Å². The van der Waals surface area contributed by atoms with Gasteiger partial charge in [0.05, 0.1) is 23.9 Å². The van der Waals surface area contributed by atoms with Gasteiger partial charge in [0.1, 0.15) is 0 Å². The highest BCUT2D eigenvalue weighted by Crippen LogP contribution is 2.37. The summed E-state index contributed by atoms with van der Waals surface area (Å²) in [6, 6.07) is 22.6. The highest BCUT2D eigenvalue weighted by Gasteiger charge is 2.38. The van der Waals surface area contributed by atoms with Crippen LogP contribution in [0.25, 0.3) is 5.70 Å². The minimum Gasteiger partial charge on any atom is -0.463 e. The Hall–Kier alpha value is -4.59. The third-order valence-electron chi connectivity index (χ3n) is 6.36. The fourth-order valence-electron chi connectivity index (χ4n) is 4.58. The van der Waals surface area contributed by atoms with E-state index in [0.29, 0.717) is 34.8 Å². The summed E-state index contributed by atoms with van der Waals surface area (Å²) >= 11 is 0. The Kier molecular flexibility index (Phi) is 8.99. The van der Waals surface area contributed by atoms with Crippen LogP contribution in [-0.2, 0) is 9.53 Å². The fraction of sp³-hybridized carbons (Fsp3) is 0.258. The summed E-state index contributed by atoms with van der Waals surface area (Å²) in [5.41, 5.74) is 4.50. The number of nitrogens with one attached hydrogen (secondary N) is 3. The minimum absolute atomic E-state index is 0.195. The number of carbonyl (C=O) groups excluding carboxylic acids is 3. The molecule has 0 spiro atoms. The molecule has 3 aromatic carbocycles.